The lowest BCUT2D eigenvalue weighted by atomic mass is 10.0. The van der Waals surface area contributed by atoms with Crippen molar-refractivity contribution in [2.24, 2.45) is 0 Å². The van der Waals surface area contributed by atoms with Gasteiger partial charge in [0.1, 0.15) is 0 Å². The number of carbonyl (C=O) groups is 1. The van der Waals surface area contributed by atoms with Gasteiger partial charge in [0.15, 0.2) is 0 Å². The van der Waals surface area contributed by atoms with E-state index in [4.69, 9.17) is 0 Å². The van der Waals surface area contributed by atoms with E-state index < -0.39 is 0 Å². The average molecular weight is 257 g/mol. The normalized spacial score (nSPS) is 9.58. The van der Waals surface area contributed by atoms with E-state index in [9.17, 15) is 4.79 Å². The van der Waals surface area contributed by atoms with Gasteiger partial charge in [-0.1, -0.05) is 50.2 Å². The summed E-state index contributed by atoms with van der Waals surface area (Å²) in [5, 5.41) is 2.65. The minimum absolute atomic E-state index is 0.0447. The SMILES string of the molecule is CCCCCCc1ccc(C#CCNC(C)=O)cc1. The molecule has 1 rings (SSSR count). The summed E-state index contributed by atoms with van der Waals surface area (Å²) in [6, 6.07) is 8.40. The summed E-state index contributed by atoms with van der Waals surface area (Å²) in [5.74, 6) is 5.92. The number of hydrogen-bond acceptors (Lipinski definition) is 1. The standard InChI is InChI=1S/C17H23NO/c1-3-4-5-6-8-16-10-12-17(13-11-16)9-7-14-18-15(2)19/h10-13H,3-6,8,14H2,1-2H3,(H,18,19). The molecule has 1 amide bonds. The first kappa shape index (κ1) is 15.3. The van der Waals surface area contributed by atoms with Crippen LogP contribution in [0.1, 0.15) is 50.7 Å². The van der Waals surface area contributed by atoms with E-state index in [1.165, 1.54) is 38.2 Å². The molecule has 0 radical (unpaired) electrons. The molecular formula is C17H23NO. The van der Waals surface area contributed by atoms with Crippen LogP contribution in [0.4, 0.5) is 0 Å². The van der Waals surface area contributed by atoms with Gasteiger partial charge in [-0.3, -0.25) is 4.79 Å². The molecule has 0 aliphatic carbocycles. The summed E-state index contributed by atoms with van der Waals surface area (Å²) >= 11 is 0. The number of rotatable bonds is 6. The monoisotopic (exact) mass is 257 g/mol. The van der Waals surface area contributed by atoms with Crippen molar-refractivity contribution in [3.8, 4) is 11.8 Å². The van der Waals surface area contributed by atoms with Gasteiger partial charge in [-0.25, -0.2) is 0 Å². The van der Waals surface area contributed by atoms with Gasteiger partial charge in [0.25, 0.3) is 0 Å². The van der Waals surface area contributed by atoms with E-state index in [1.807, 2.05) is 0 Å². The maximum Gasteiger partial charge on any atom is 0.217 e. The van der Waals surface area contributed by atoms with E-state index in [-0.39, 0.29) is 5.91 Å². The molecule has 1 aromatic carbocycles. The molecule has 0 bridgehead atoms. The zero-order valence-corrected chi connectivity index (χ0v) is 12.0. The summed E-state index contributed by atoms with van der Waals surface area (Å²) in [5.41, 5.74) is 2.38. The number of nitrogens with one attached hydrogen (secondary N) is 1. The molecule has 0 saturated heterocycles. The van der Waals surface area contributed by atoms with Crippen molar-refractivity contribution in [2.75, 3.05) is 6.54 Å². The van der Waals surface area contributed by atoms with Crippen molar-refractivity contribution in [1.29, 1.82) is 0 Å². The van der Waals surface area contributed by atoms with Crippen LogP contribution in [0, 0.1) is 11.8 Å². The lowest BCUT2D eigenvalue weighted by molar-refractivity contribution is -0.118. The van der Waals surface area contributed by atoms with Crippen LogP contribution in [-0.4, -0.2) is 12.5 Å². The number of amides is 1. The second-order valence-electron chi connectivity index (χ2n) is 4.72. The van der Waals surface area contributed by atoms with E-state index in [0.717, 1.165) is 12.0 Å². The molecule has 2 nitrogen and oxygen atoms in total. The minimum atomic E-state index is -0.0447. The molecule has 1 aromatic rings. The molecule has 2 heteroatoms. The van der Waals surface area contributed by atoms with Crippen molar-refractivity contribution >= 4 is 5.91 Å². The van der Waals surface area contributed by atoms with Crippen molar-refractivity contribution < 1.29 is 4.79 Å². The third kappa shape index (κ3) is 7.31. The molecule has 0 spiro atoms. The maximum atomic E-state index is 10.7. The van der Waals surface area contributed by atoms with E-state index in [2.05, 4.69) is 48.3 Å². The molecule has 0 heterocycles. The zero-order chi connectivity index (χ0) is 13.9. The predicted octanol–water partition coefficient (Wildman–Crippen LogP) is 3.30. The Morgan fingerprint density at radius 3 is 2.53 bits per heavy atom. The molecule has 0 unspecified atom stereocenters. The van der Waals surface area contributed by atoms with Crippen LogP contribution < -0.4 is 5.32 Å². The highest BCUT2D eigenvalue weighted by Gasteiger charge is 1.94. The summed E-state index contributed by atoms with van der Waals surface area (Å²) in [6.45, 7) is 4.14. The van der Waals surface area contributed by atoms with Crippen LogP contribution in [0.3, 0.4) is 0 Å². The van der Waals surface area contributed by atoms with Crippen LogP contribution >= 0.6 is 0 Å². The number of hydrogen-bond donors (Lipinski definition) is 1. The molecule has 0 aliphatic rings. The number of unbranched alkanes of at least 4 members (excludes halogenated alkanes) is 3. The van der Waals surface area contributed by atoms with Crippen molar-refractivity contribution in [3.63, 3.8) is 0 Å². The first-order valence-corrected chi connectivity index (χ1v) is 7.04. The second-order valence-corrected chi connectivity index (χ2v) is 4.72. The Morgan fingerprint density at radius 1 is 1.16 bits per heavy atom. The summed E-state index contributed by atoms with van der Waals surface area (Å²) in [6.07, 6.45) is 6.34. The maximum absolute atomic E-state index is 10.7. The highest BCUT2D eigenvalue weighted by molar-refractivity contribution is 5.73. The largest absolute Gasteiger partial charge is 0.345 e. The molecular weight excluding hydrogens is 234 g/mol. The fraction of sp³-hybridized carbons (Fsp3) is 0.471. The average Bonchev–Trinajstić information content (AvgIpc) is 2.41. The highest BCUT2D eigenvalue weighted by Crippen LogP contribution is 2.09. The molecule has 0 aromatic heterocycles. The van der Waals surface area contributed by atoms with Gasteiger partial charge in [0.05, 0.1) is 6.54 Å². The number of carbonyl (C=O) groups excluding carboxylic acids is 1. The van der Waals surface area contributed by atoms with Crippen LogP contribution in [-0.2, 0) is 11.2 Å². The summed E-state index contributed by atoms with van der Waals surface area (Å²) in [7, 11) is 0. The first-order valence-electron chi connectivity index (χ1n) is 7.04. The lowest BCUT2D eigenvalue weighted by Gasteiger charge is -2.01. The highest BCUT2D eigenvalue weighted by atomic mass is 16.1. The van der Waals surface area contributed by atoms with E-state index >= 15 is 0 Å². The van der Waals surface area contributed by atoms with Gasteiger partial charge < -0.3 is 5.32 Å². The quantitative estimate of drug-likeness (QED) is 0.615. The van der Waals surface area contributed by atoms with E-state index in [1.54, 1.807) is 0 Å². The molecule has 102 valence electrons. The zero-order valence-electron chi connectivity index (χ0n) is 12.0. The van der Waals surface area contributed by atoms with Gasteiger partial charge >= 0.3 is 0 Å². The first-order chi connectivity index (χ1) is 9.22. The van der Waals surface area contributed by atoms with Crippen molar-refractivity contribution in [2.45, 2.75) is 46.0 Å². The van der Waals surface area contributed by atoms with Gasteiger partial charge in [0.2, 0.25) is 5.91 Å². The van der Waals surface area contributed by atoms with Crippen molar-refractivity contribution in [1.82, 2.24) is 5.32 Å². The molecule has 19 heavy (non-hydrogen) atoms. The molecule has 0 fully saturated rings. The van der Waals surface area contributed by atoms with Gasteiger partial charge in [-0.15, -0.1) is 0 Å². The summed E-state index contributed by atoms with van der Waals surface area (Å²) in [4.78, 5) is 10.7. The Hall–Kier alpha value is -1.75. The van der Waals surface area contributed by atoms with Gasteiger partial charge in [0, 0.05) is 12.5 Å². The third-order valence-corrected chi connectivity index (χ3v) is 2.93. The Kier molecular flexibility index (Phi) is 7.43. The topological polar surface area (TPSA) is 29.1 Å². The number of benzene rings is 1. The second kappa shape index (κ2) is 9.22. The Balaban J connectivity index is 2.36. The Morgan fingerprint density at radius 2 is 1.89 bits per heavy atom. The Bertz CT molecular complexity index is 437. The smallest absolute Gasteiger partial charge is 0.217 e. The number of aryl methyl sites for hydroxylation is 1. The fourth-order valence-electron chi connectivity index (χ4n) is 1.83. The van der Waals surface area contributed by atoms with Crippen LogP contribution in [0.5, 0.6) is 0 Å². The minimum Gasteiger partial charge on any atom is -0.345 e. The molecule has 0 aliphatic heterocycles. The van der Waals surface area contributed by atoms with Gasteiger partial charge in [-0.2, -0.15) is 0 Å². The lowest BCUT2D eigenvalue weighted by Crippen LogP contribution is -2.19. The van der Waals surface area contributed by atoms with Crippen LogP contribution in [0.15, 0.2) is 24.3 Å². The Labute approximate surface area is 116 Å². The molecule has 0 saturated carbocycles. The van der Waals surface area contributed by atoms with Crippen LogP contribution in [0.25, 0.3) is 0 Å². The third-order valence-electron chi connectivity index (χ3n) is 2.93. The summed E-state index contributed by atoms with van der Waals surface area (Å²) < 4.78 is 0. The van der Waals surface area contributed by atoms with Gasteiger partial charge in [-0.05, 0) is 30.5 Å². The van der Waals surface area contributed by atoms with Crippen LogP contribution in [0.2, 0.25) is 0 Å². The molecule has 0 atom stereocenters. The fourth-order valence-corrected chi connectivity index (χ4v) is 1.83. The molecule has 1 N–H and O–H groups in total. The van der Waals surface area contributed by atoms with E-state index in [0.29, 0.717) is 6.54 Å². The predicted molar refractivity (Wildman–Crippen MR) is 79.8 cm³/mol. The van der Waals surface area contributed by atoms with Crippen molar-refractivity contribution in [3.05, 3.63) is 35.4 Å².